The average Bonchev–Trinajstić information content (AvgIpc) is 2.98. The van der Waals surface area contributed by atoms with Gasteiger partial charge in [-0.3, -0.25) is 19.7 Å². The van der Waals surface area contributed by atoms with Gasteiger partial charge in [-0.05, 0) is 87.0 Å². The summed E-state index contributed by atoms with van der Waals surface area (Å²) >= 11 is 0. The molecule has 0 radical (unpaired) electrons. The van der Waals surface area contributed by atoms with E-state index in [0.29, 0.717) is 47.9 Å². The van der Waals surface area contributed by atoms with Gasteiger partial charge in [-0.1, -0.05) is 12.1 Å². The Hall–Kier alpha value is -4.84. The van der Waals surface area contributed by atoms with E-state index in [-0.39, 0.29) is 35.6 Å². The molecule has 3 aromatic rings. The van der Waals surface area contributed by atoms with E-state index in [1.54, 1.807) is 48.5 Å². The number of carboxylic acids is 1. The highest BCUT2D eigenvalue weighted by Gasteiger charge is 2.29. The topological polar surface area (TPSA) is 201 Å². The third-order valence-electron chi connectivity index (χ3n) is 6.97. The summed E-state index contributed by atoms with van der Waals surface area (Å²) in [6.07, 6.45) is 4.36. The van der Waals surface area contributed by atoms with E-state index in [0.717, 1.165) is 19.0 Å². The lowest BCUT2D eigenvalue weighted by Crippen LogP contribution is -2.45. The zero-order valence-corrected chi connectivity index (χ0v) is 23.3. The first-order valence-electron chi connectivity index (χ1n) is 13.5. The molecule has 0 bridgehead atoms. The van der Waals surface area contributed by atoms with E-state index >= 15 is 0 Å². The number of hydrogen-bond acceptors (Lipinski definition) is 9. The molecule has 1 aromatic heterocycles. The van der Waals surface area contributed by atoms with Gasteiger partial charge in [0.2, 0.25) is 11.8 Å². The lowest BCUT2D eigenvalue weighted by atomic mass is 9.81. The van der Waals surface area contributed by atoms with Crippen molar-refractivity contribution in [1.82, 2.24) is 10.3 Å². The number of anilines is 1. The van der Waals surface area contributed by atoms with Gasteiger partial charge in [0.05, 0.1) is 4.92 Å². The van der Waals surface area contributed by atoms with Gasteiger partial charge >= 0.3 is 5.97 Å². The molecule has 6 N–H and O–H groups in total. The number of benzene rings is 2. The highest BCUT2D eigenvalue weighted by Crippen LogP contribution is 2.28. The number of ether oxygens (including phenoxy) is 1. The zero-order chi connectivity index (χ0) is 30.6. The first-order chi connectivity index (χ1) is 20.0. The lowest BCUT2D eigenvalue weighted by molar-refractivity contribution is -0.385. The van der Waals surface area contributed by atoms with Crippen molar-refractivity contribution >= 4 is 29.0 Å². The minimum Gasteiger partial charge on any atom is -0.480 e. The lowest BCUT2D eigenvalue weighted by Gasteiger charge is -2.27. The number of amides is 1. The molecule has 222 valence electrons. The van der Waals surface area contributed by atoms with Crippen LogP contribution >= 0.6 is 0 Å². The molecule has 1 aliphatic rings. The second-order valence-corrected chi connectivity index (χ2v) is 10.1. The van der Waals surface area contributed by atoms with Crippen LogP contribution in [-0.4, -0.2) is 45.3 Å². The third kappa shape index (κ3) is 9.66. The van der Waals surface area contributed by atoms with E-state index < -0.39 is 16.9 Å². The summed E-state index contributed by atoms with van der Waals surface area (Å²) in [4.78, 5) is 49.1. The Labute approximate surface area is 243 Å². The number of nitrogens with two attached hydrogens (primary N) is 2. The Morgan fingerprint density at radius 2 is 1.79 bits per heavy atom. The second kappa shape index (κ2) is 15.2. The first kappa shape index (κ1) is 31.7. The highest BCUT2D eigenvalue weighted by molar-refractivity contribution is 5.94. The molecule has 0 saturated heterocycles. The van der Waals surface area contributed by atoms with Crippen molar-refractivity contribution in [2.45, 2.75) is 45.1 Å². The maximum Gasteiger partial charge on any atom is 0.326 e. The van der Waals surface area contributed by atoms with Gasteiger partial charge < -0.3 is 26.6 Å². The van der Waals surface area contributed by atoms with E-state index in [4.69, 9.17) is 16.2 Å². The zero-order valence-electron chi connectivity index (χ0n) is 23.3. The first-order valence-corrected chi connectivity index (χ1v) is 13.5. The van der Waals surface area contributed by atoms with Gasteiger partial charge in [-0.2, -0.15) is 0 Å². The van der Waals surface area contributed by atoms with Gasteiger partial charge in [-0.15, -0.1) is 0 Å². The van der Waals surface area contributed by atoms with Crippen LogP contribution in [0.2, 0.25) is 0 Å². The molecule has 4 rings (SSSR count). The molecule has 12 nitrogen and oxygen atoms in total. The Balaban J connectivity index is 0.000000408. The maximum absolute atomic E-state index is 12.6. The number of carbonyl (C=O) groups is 3. The third-order valence-corrected chi connectivity index (χ3v) is 6.97. The average molecular weight is 578 g/mol. The molecule has 1 unspecified atom stereocenters. The van der Waals surface area contributed by atoms with Crippen molar-refractivity contribution in [3.8, 4) is 11.6 Å². The Morgan fingerprint density at radius 1 is 1.10 bits per heavy atom. The number of nitrogens with one attached hydrogen (secondary N) is 1. The van der Waals surface area contributed by atoms with Crippen LogP contribution in [0.1, 0.15) is 48.5 Å². The quantitative estimate of drug-likeness (QED) is 0.117. The fourth-order valence-electron chi connectivity index (χ4n) is 4.50. The largest absolute Gasteiger partial charge is 0.480 e. The van der Waals surface area contributed by atoms with Gasteiger partial charge in [-0.25, -0.2) is 9.78 Å². The number of nitrogen functional groups attached to an aromatic ring is 1. The summed E-state index contributed by atoms with van der Waals surface area (Å²) in [5.41, 5.74) is 13.0. The molecular weight excluding hydrogens is 542 g/mol. The summed E-state index contributed by atoms with van der Waals surface area (Å²) in [6, 6.07) is 15.2. The SMILES string of the molecule is CC(=O)c1ccc(N)cc1.NC[C@H]1CC[C@H](C(=O)NC(Cc2cccc(Oc3ccc([N+](=O)[O-])cn3)c2)C(=O)O)CC1. The number of Topliss-reactive ketones (excluding diaryl/α,β-unsaturated/α-hetero) is 1. The van der Waals surface area contributed by atoms with Gasteiger partial charge in [0.15, 0.2) is 5.78 Å². The molecule has 42 heavy (non-hydrogen) atoms. The monoisotopic (exact) mass is 577 g/mol. The van der Waals surface area contributed by atoms with Crippen molar-refractivity contribution in [2.24, 2.45) is 17.6 Å². The van der Waals surface area contributed by atoms with Crippen molar-refractivity contribution < 1.29 is 29.2 Å². The van der Waals surface area contributed by atoms with Crippen LogP contribution in [0.15, 0.2) is 66.9 Å². The number of carboxylic acid groups (broad SMARTS) is 1. The number of nitro groups is 1. The molecule has 1 aliphatic carbocycles. The van der Waals surface area contributed by atoms with Crippen LogP contribution in [0, 0.1) is 22.0 Å². The Morgan fingerprint density at radius 3 is 2.33 bits per heavy atom. The van der Waals surface area contributed by atoms with E-state index in [9.17, 15) is 29.6 Å². The number of rotatable bonds is 10. The highest BCUT2D eigenvalue weighted by atomic mass is 16.6. The summed E-state index contributed by atoms with van der Waals surface area (Å²) < 4.78 is 5.61. The number of ketones is 1. The number of nitrogens with zero attached hydrogens (tertiary/aromatic N) is 2. The summed E-state index contributed by atoms with van der Waals surface area (Å²) in [6.45, 7) is 2.14. The summed E-state index contributed by atoms with van der Waals surface area (Å²) in [5.74, 6) is -0.471. The number of aliphatic carboxylic acids is 1. The van der Waals surface area contributed by atoms with Gasteiger partial charge in [0.25, 0.3) is 5.69 Å². The van der Waals surface area contributed by atoms with Crippen LogP contribution in [-0.2, 0) is 16.0 Å². The Bertz CT molecular complexity index is 1370. The van der Waals surface area contributed by atoms with Crippen LogP contribution in [0.25, 0.3) is 0 Å². The summed E-state index contributed by atoms with van der Waals surface area (Å²) in [7, 11) is 0. The number of pyridine rings is 1. The summed E-state index contributed by atoms with van der Waals surface area (Å²) in [5, 5.41) is 23.0. The number of hydrogen-bond donors (Lipinski definition) is 4. The standard InChI is InChI=1S/C22H26N4O6.C8H9NO/c23-12-14-4-6-16(7-5-14)21(27)25-19(22(28)29)11-15-2-1-3-18(10-15)32-20-9-8-17(13-24-20)26(30)31;1-6(10)7-2-4-8(9)5-3-7/h1-3,8-10,13-14,16,19H,4-7,11-12,23H2,(H,25,27)(H,28,29);2-5H,9H2,1H3/t14-,16-,19?;. The fourth-order valence-corrected chi connectivity index (χ4v) is 4.50. The fraction of sp³-hybridized carbons (Fsp3) is 0.333. The van der Waals surface area contributed by atoms with Crippen LogP contribution < -0.4 is 21.5 Å². The molecule has 1 fully saturated rings. The molecule has 2 aromatic carbocycles. The van der Waals surface area contributed by atoms with Crippen LogP contribution in [0.5, 0.6) is 11.6 Å². The van der Waals surface area contributed by atoms with Crippen molar-refractivity contribution in [3.05, 3.63) is 88.1 Å². The molecular formula is C30H35N5O7. The van der Waals surface area contributed by atoms with Gasteiger partial charge in [0, 0.05) is 35.7 Å². The predicted molar refractivity (Wildman–Crippen MR) is 156 cm³/mol. The molecule has 0 aliphatic heterocycles. The maximum atomic E-state index is 12.6. The van der Waals surface area contributed by atoms with Crippen LogP contribution in [0.4, 0.5) is 11.4 Å². The van der Waals surface area contributed by atoms with Gasteiger partial charge in [0.1, 0.15) is 18.0 Å². The molecule has 1 amide bonds. The normalized spacial score (nSPS) is 16.7. The molecule has 1 atom stereocenters. The van der Waals surface area contributed by atoms with E-state index in [1.165, 1.54) is 19.1 Å². The predicted octanol–water partition coefficient (Wildman–Crippen LogP) is 4.13. The number of carbonyl (C=O) groups excluding carboxylic acids is 2. The van der Waals surface area contributed by atoms with E-state index in [1.807, 2.05) is 0 Å². The smallest absolute Gasteiger partial charge is 0.326 e. The number of aromatic nitrogens is 1. The van der Waals surface area contributed by atoms with Crippen LogP contribution in [0.3, 0.4) is 0 Å². The van der Waals surface area contributed by atoms with Crippen molar-refractivity contribution in [3.63, 3.8) is 0 Å². The van der Waals surface area contributed by atoms with E-state index in [2.05, 4.69) is 10.3 Å². The molecule has 1 saturated carbocycles. The second-order valence-electron chi connectivity index (χ2n) is 10.1. The minimum absolute atomic E-state index is 0.0694. The minimum atomic E-state index is -1.11. The molecule has 12 heteroatoms. The van der Waals surface area contributed by atoms with Crippen molar-refractivity contribution in [2.75, 3.05) is 12.3 Å². The Kier molecular flexibility index (Phi) is 11.5. The van der Waals surface area contributed by atoms with Crippen molar-refractivity contribution in [1.29, 1.82) is 0 Å². The molecule has 1 heterocycles. The molecule has 0 spiro atoms.